The van der Waals surface area contributed by atoms with E-state index in [-0.39, 0.29) is 12.1 Å². The molecule has 2 aromatic carbocycles. The van der Waals surface area contributed by atoms with E-state index >= 15 is 0 Å². The van der Waals surface area contributed by atoms with Crippen LogP contribution in [0.1, 0.15) is 24.5 Å². The number of nitrogen functional groups attached to an aromatic ring is 1. The smallest absolute Gasteiger partial charge is 0.331 e. The average molecular weight is 364 g/mol. The summed E-state index contributed by atoms with van der Waals surface area (Å²) in [5.74, 6) is -0.405. The van der Waals surface area contributed by atoms with Crippen molar-refractivity contribution in [3.05, 3.63) is 86.6 Å². The topological polar surface area (TPSA) is 113 Å². The van der Waals surface area contributed by atoms with E-state index in [9.17, 15) is 14.7 Å². The molecule has 7 nitrogen and oxygen atoms in total. The summed E-state index contributed by atoms with van der Waals surface area (Å²) in [5, 5.41) is 10.7. The molecule has 0 radical (unpaired) electrons. The zero-order chi connectivity index (χ0) is 19.4. The number of benzene rings is 2. The Balaban J connectivity index is 2.13. The molecule has 1 aromatic heterocycles. The van der Waals surface area contributed by atoms with Gasteiger partial charge in [-0.2, -0.15) is 0 Å². The van der Waals surface area contributed by atoms with Crippen molar-refractivity contribution in [1.29, 1.82) is 0 Å². The molecule has 1 heterocycles. The Morgan fingerprint density at radius 1 is 1.15 bits per heavy atom. The summed E-state index contributed by atoms with van der Waals surface area (Å²) in [7, 11) is 0. The monoisotopic (exact) mass is 364 g/mol. The van der Waals surface area contributed by atoms with E-state index in [1.807, 2.05) is 37.3 Å². The van der Waals surface area contributed by atoms with E-state index in [4.69, 9.17) is 5.73 Å². The van der Waals surface area contributed by atoms with Crippen LogP contribution in [0.15, 0.2) is 69.2 Å². The highest BCUT2D eigenvalue weighted by molar-refractivity contribution is 6.03. The molecule has 0 unspecified atom stereocenters. The number of nitrogens with one attached hydrogen (secondary N) is 1. The van der Waals surface area contributed by atoms with Gasteiger partial charge in [0.15, 0.2) is 0 Å². The SMILES string of the molecule is CCC(=Nc1cccc(N)c1)c1c(O)n(Cc2ccccc2)c(=O)[nH]c1=O. The Kier molecular flexibility index (Phi) is 5.21. The van der Waals surface area contributed by atoms with Crippen LogP contribution in [0.5, 0.6) is 5.88 Å². The van der Waals surface area contributed by atoms with Crippen LogP contribution in [-0.2, 0) is 6.54 Å². The number of nitrogens with two attached hydrogens (primary N) is 1. The van der Waals surface area contributed by atoms with Crippen molar-refractivity contribution < 1.29 is 5.11 Å². The standard InChI is InChI=1S/C20H20N4O3/c1-2-16(22-15-10-6-9-14(21)11-15)17-18(25)23-20(27)24(19(17)26)12-13-7-4-3-5-8-13/h3-11,26H,2,12,21H2,1H3,(H,23,25,27). The van der Waals surface area contributed by atoms with Gasteiger partial charge in [0, 0.05) is 5.69 Å². The summed E-state index contributed by atoms with van der Waals surface area (Å²) < 4.78 is 1.12. The molecule has 0 amide bonds. The van der Waals surface area contributed by atoms with Crippen LogP contribution < -0.4 is 17.0 Å². The third-order valence-electron chi connectivity index (χ3n) is 4.11. The second-order valence-electron chi connectivity index (χ2n) is 6.04. The van der Waals surface area contributed by atoms with Crippen LogP contribution in [0.4, 0.5) is 11.4 Å². The maximum Gasteiger partial charge on any atom is 0.331 e. The minimum absolute atomic E-state index is 0.0181. The van der Waals surface area contributed by atoms with E-state index in [1.165, 1.54) is 0 Å². The second kappa shape index (κ2) is 7.74. The fourth-order valence-electron chi connectivity index (χ4n) is 2.79. The molecule has 138 valence electrons. The lowest BCUT2D eigenvalue weighted by Gasteiger charge is -2.12. The van der Waals surface area contributed by atoms with Crippen molar-refractivity contribution in [2.24, 2.45) is 4.99 Å². The minimum atomic E-state index is -0.676. The Hall–Kier alpha value is -3.61. The number of H-pyrrole nitrogens is 1. The summed E-state index contributed by atoms with van der Waals surface area (Å²) in [5.41, 5.74) is 6.69. The van der Waals surface area contributed by atoms with E-state index in [2.05, 4.69) is 9.98 Å². The first kappa shape index (κ1) is 18.2. The molecule has 0 saturated heterocycles. The molecule has 0 aliphatic heterocycles. The molecular weight excluding hydrogens is 344 g/mol. The average Bonchev–Trinajstić information content (AvgIpc) is 2.65. The number of nitrogens with zero attached hydrogens (tertiary/aromatic N) is 2. The first-order chi connectivity index (χ1) is 13.0. The van der Waals surface area contributed by atoms with Crippen LogP contribution in [-0.4, -0.2) is 20.4 Å². The minimum Gasteiger partial charge on any atom is -0.494 e. The van der Waals surface area contributed by atoms with Gasteiger partial charge >= 0.3 is 5.69 Å². The third kappa shape index (κ3) is 3.98. The highest BCUT2D eigenvalue weighted by Crippen LogP contribution is 2.20. The van der Waals surface area contributed by atoms with E-state index in [1.54, 1.807) is 24.3 Å². The normalized spacial score (nSPS) is 11.5. The van der Waals surface area contributed by atoms with Gasteiger partial charge in [0.2, 0.25) is 5.88 Å². The van der Waals surface area contributed by atoms with Gasteiger partial charge in [-0.05, 0) is 30.2 Å². The summed E-state index contributed by atoms with van der Waals surface area (Å²) in [6.07, 6.45) is 0.384. The number of aromatic amines is 1. The predicted molar refractivity (Wildman–Crippen MR) is 106 cm³/mol. The molecule has 4 N–H and O–H groups in total. The summed E-state index contributed by atoms with van der Waals surface area (Å²) in [6, 6.07) is 16.1. The molecule has 27 heavy (non-hydrogen) atoms. The lowest BCUT2D eigenvalue weighted by Crippen LogP contribution is -2.34. The lowest BCUT2D eigenvalue weighted by molar-refractivity contribution is 0.408. The number of hydrogen-bond donors (Lipinski definition) is 3. The molecule has 0 fully saturated rings. The number of aromatic nitrogens is 2. The summed E-state index contributed by atoms with van der Waals surface area (Å²) in [6.45, 7) is 1.95. The van der Waals surface area contributed by atoms with Crippen LogP contribution in [0.25, 0.3) is 0 Å². The highest BCUT2D eigenvalue weighted by atomic mass is 16.3. The first-order valence-electron chi connectivity index (χ1n) is 8.53. The Morgan fingerprint density at radius 3 is 2.56 bits per heavy atom. The van der Waals surface area contributed by atoms with E-state index in [0.29, 0.717) is 23.5 Å². The van der Waals surface area contributed by atoms with Gasteiger partial charge in [-0.1, -0.05) is 43.3 Å². The molecule has 0 aliphatic carbocycles. The summed E-state index contributed by atoms with van der Waals surface area (Å²) >= 11 is 0. The van der Waals surface area contributed by atoms with Crippen LogP contribution in [0.2, 0.25) is 0 Å². The molecule has 3 aromatic rings. The zero-order valence-corrected chi connectivity index (χ0v) is 14.8. The van der Waals surface area contributed by atoms with Crippen molar-refractivity contribution in [3.8, 4) is 5.88 Å². The lowest BCUT2D eigenvalue weighted by atomic mass is 10.1. The number of anilines is 1. The molecule has 3 rings (SSSR count). The first-order valence-corrected chi connectivity index (χ1v) is 8.53. The van der Waals surface area contributed by atoms with Crippen molar-refractivity contribution in [1.82, 2.24) is 9.55 Å². The number of hydrogen-bond acceptors (Lipinski definition) is 5. The van der Waals surface area contributed by atoms with Gasteiger partial charge in [0.1, 0.15) is 5.56 Å². The Bertz CT molecular complexity index is 1100. The van der Waals surface area contributed by atoms with Crippen molar-refractivity contribution in [2.45, 2.75) is 19.9 Å². The maximum atomic E-state index is 12.4. The van der Waals surface area contributed by atoms with Gasteiger partial charge in [-0.3, -0.25) is 19.3 Å². The Morgan fingerprint density at radius 2 is 1.89 bits per heavy atom. The maximum absolute atomic E-state index is 12.4. The zero-order valence-electron chi connectivity index (χ0n) is 14.8. The van der Waals surface area contributed by atoms with Gasteiger partial charge in [0.05, 0.1) is 17.9 Å². The molecular formula is C20H20N4O3. The van der Waals surface area contributed by atoms with Crippen molar-refractivity contribution in [2.75, 3.05) is 5.73 Å². The third-order valence-corrected chi connectivity index (χ3v) is 4.11. The molecule has 0 saturated carbocycles. The highest BCUT2D eigenvalue weighted by Gasteiger charge is 2.18. The van der Waals surface area contributed by atoms with E-state index in [0.717, 1.165) is 10.1 Å². The molecule has 0 atom stereocenters. The van der Waals surface area contributed by atoms with Crippen molar-refractivity contribution in [3.63, 3.8) is 0 Å². The van der Waals surface area contributed by atoms with Gasteiger partial charge < -0.3 is 10.8 Å². The fraction of sp³-hybridized carbons (Fsp3) is 0.150. The predicted octanol–water partition coefficient (Wildman–Crippen LogP) is 2.40. The largest absolute Gasteiger partial charge is 0.494 e. The van der Waals surface area contributed by atoms with Gasteiger partial charge in [0.25, 0.3) is 5.56 Å². The molecule has 7 heteroatoms. The number of aromatic hydroxyl groups is 1. The van der Waals surface area contributed by atoms with Crippen LogP contribution in [0, 0.1) is 0 Å². The number of rotatable bonds is 5. The van der Waals surface area contributed by atoms with Crippen LogP contribution in [0.3, 0.4) is 0 Å². The van der Waals surface area contributed by atoms with Gasteiger partial charge in [-0.15, -0.1) is 0 Å². The fourth-order valence-corrected chi connectivity index (χ4v) is 2.79. The quantitative estimate of drug-likeness (QED) is 0.476. The molecule has 0 bridgehead atoms. The van der Waals surface area contributed by atoms with Crippen molar-refractivity contribution >= 4 is 17.1 Å². The van der Waals surface area contributed by atoms with Gasteiger partial charge in [-0.25, -0.2) is 4.79 Å². The second-order valence-corrected chi connectivity index (χ2v) is 6.04. The molecule has 0 spiro atoms. The molecule has 0 aliphatic rings. The van der Waals surface area contributed by atoms with Crippen LogP contribution >= 0.6 is 0 Å². The van der Waals surface area contributed by atoms with E-state index < -0.39 is 17.1 Å². The number of aliphatic imine (C=N–C) groups is 1. The summed E-state index contributed by atoms with van der Waals surface area (Å²) in [4.78, 5) is 31.3. The Labute approximate surface area is 155 Å².